The van der Waals surface area contributed by atoms with Gasteiger partial charge in [-0.1, -0.05) is 32.3 Å². The fourth-order valence-electron chi connectivity index (χ4n) is 7.18. The van der Waals surface area contributed by atoms with Gasteiger partial charge in [0, 0.05) is 41.7 Å². The SMILES string of the molecule is COC(=O)C1(C)Cn2c(c(C3CCCCC3)c3ccc(C(=O)NS(=O)(=O)N(C)C4CC4)cc32)-c2ccc(OC)cc2C1C. The van der Waals surface area contributed by atoms with E-state index in [-0.39, 0.29) is 23.5 Å². The van der Waals surface area contributed by atoms with Crippen molar-refractivity contribution in [1.82, 2.24) is 13.6 Å². The van der Waals surface area contributed by atoms with Gasteiger partial charge in [-0.3, -0.25) is 9.59 Å². The van der Waals surface area contributed by atoms with Gasteiger partial charge in [-0.2, -0.15) is 12.7 Å². The van der Waals surface area contributed by atoms with Gasteiger partial charge in [-0.15, -0.1) is 0 Å². The van der Waals surface area contributed by atoms with Crippen LogP contribution >= 0.6 is 0 Å². The molecule has 2 aliphatic carbocycles. The number of benzene rings is 2. The zero-order valence-corrected chi connectivity index (χ0v) is 26.4. The summed E-state index contributed by atoms with van der Waals surface area (Å²) in [6, 6.07) is 11.5. The third-order valence-electron chi connectivity index (χ3n) is 10.1. The van der Waals surface area contributed by atoms with E-state index in [0.717, 1.165) is 72.0 Å². The molecule has 1 amide bonds. The van der Waals surface area contributed by atoms with Gasteiger partial charge in [0.05, 0.1) is 25.3 Å². The highest BCUT2D eigenvalue weighted by atomic mass is 32.2. The highest BCUT2D eigenvalue weighted by Crippen LogP contribution is 2.52. The van der Waals surface area contributed by atoms with Gasteiger partial charge in [0.25, 0.3) is 5.91 Å². The maximum absolute atomic E-state index is 13.5. The number of esters is 1. The molecule has 3 aromatic rings. The normalized spacial score (nSPS) is 22.5. The summed E-state index contributed by atoms with van der Waals surface area (Å²) in [6.07, 6.45) is 7.23. The first-order valence-electron chi connectivity index (χ1n) is 15.2. The van der Waals surface area contributed by atoms with E-state index >= 15 is 0 Å². The molecule has 9 nitrogen and oxygen atoms in total. The summed E-state index contributed by atoms with van der Waals surface area (Å²) in [5.41, 5.74) is 4.47. The van der Waals surface area contributed by atoms with Crippen molar-refractivity contribution >= 4 is 33.0 Å². The van der Waals surface area contributed by atoms with Crippen molar-refractivity contribution in [3.8, 4) is 17.0 Å². The van der Waals surface area contributed by atoms with Gasteiger partial charge < -0.3 is 14.0 Å². The van der Waals surface area contributed by atoms with Crippen LogP contribution in [0, 0.1) is 5.41 Å². The summed E-state index contributed by atoms with van der Waals surface area (Å²) in [5, 5.41) is 1.03. The molecule has 0 bridgehead atoms. The van der Waals surface area contributed by atoms with Crippen molar-refractivity contribution in [2.24, 2.45) is 5.41 Å². The second-order valence-corrected chi connectivity index (χ2v) is 14.4. The molecule has 1 aliphatic heterocycles. The van der Waals surface area contributed by atoms with Crippen LogP contribution in [0.25, 0.3) is 22.2 Å². The number of hydrogen-bond acceptors (Lipinski definition) is 6. The van der Waals surface area contributed by atoms with E-state index in [9.17, 15) is 18.0 Å². The largest absolute Gasteiger partial charge is 0.497 e. The zero-order valence-electron chi connectivity index (χ0n) is 25.6. The summed E-state index contributed by atoms with van der Waals surface area (Å²) in [6.45, 7) is 4.33. The van der Waals surface area contributed by atoms with Crippen LogP contribution < -0.4 is 9.46 Å². The molecule has 0 saturated heterocycles. The van der Waals surface area contributed by atoms with Crippen molar-refractivity contribution in [1.29, 1.82) is 0 Å². The van der Waals surface area contributed by atoms with E-state index in [4.69, 9.17) is 9.47 Å². The molecular formula is C33H41N3O6S. The number of methoxy groups -OCH3 is 2. The molecule has 3 aliphatic rings. The molecule has 10 heteroatoms. The standard InChI is InChI=1S/C33H41N3O6S/c1-20-27-18-24(41-4)14-16-25(27)30-29(21-9-7-6-8-10-21)26-15-11-22(31(37)34-43(39,40)35(3)23-12-13-23)17-28(26)36(30)19-33(20,2)32(38)42-5/h11,14-18,20-21,23H,6-10,12-13,19H2,1-5H3,(H,34,37). The predicted octanol–water partition coefficient (Wildman–Crippen LogP) is 5.73. The topological polar surface area (TPSA) is 107 Å². The maximum atomic E-state index is 13.5. The number of amides is 1. The van der Waals surface area contributed by atoms with Gasteiger partial charge in [0.2, 0.25) is 0 Å². The number of carbonyl (C=O) groups is 2. The number of nitrogens with one attached hydrogen (secondary N) is 1. The average molecular weight is 608 g/mol. The minimum absolute atomic E-state index is 0.0658. The molecule has 2 atom stereocenters. The number of hydrogen-bond donors (Lipinski definition) is 1. The van der Waals surface area contributed by atoms with E-state index in [2.05, 4.69) is 22.3 Å². The molecule has 1 aromatic heterocycles. The Morgan fingerprint density at radius 1 is 1.02 bits per heavy atom. The second-order valence-electron chi connectivity index (χ2n) is 12.7. The summed E-state index contributed by atoms with van der Waals surface area (Å²) < 4.78 is 42.5. The van der Waals surface area contributed by atoms with Crippen LogP contribution in [-0.2, 0) is 26.3 Å². The van der Waals surface area contributed by atoms with Gasteiger partial charge in [0.15, 0.2) is 0 Å². The molecule has 230 valence electrons. The van der Waals surface area contributed by atoms with E-state index in [1.165, 1.54) is 30.4 Å². The first kappa shape index (κ1) is 29.7. The number of fused-ring (bicyclic) bond motifs is 5. The smallest absolute Gasteiger partial charge is 0.313 e. The highest BCUT2D eigenvalue weighted by molar-refractivity contribution is 7.87. The first-order valence-corrected chi connectivity index (χ1v) is 16.7. The highest BCUT2D eigenvalue weighted by Gasteiger charge is 2.46. The molecule has 2 aromatic carbocycles. The molecule has 2 saturated carbocycles. The number of ether oxygens (including phenoxy) is 2. The average Bonchev–Trinajstić information content (AvgIpc) is 3.83. The van der Waals surface area contributed by atoms with Crippen LogP contribution in [0.5, 0.6) is 5.75 Å². The summed E-state index contributed by atoms with van der Waals surface area (Å²) in [7, 11) is 0.594. The minimum atomic E-state index is -3.97. The van der Waals surface area contributed by atoms with E-state index in [1.54, 1.807) is 19.2 Å². The Morgan fingerprint density at radius 3 is 2.40 bits per heavy atom. The molecule has 2 unspecified atom stereocenters. The zero-order chi connectivity index (χ0) is 30.7. The lowest BCUT2D eigenvalue weighted by Gasteiger charge is -2.32. The fourth-order valence-corrected chi connectivity index (χ4v) is 8.28. The second kappa shape index (κ2) is 11.0. The van der Waals surface area contributed by atoms with Crippen molar-refractivity contribution in [3.63, 3.8) is 0 Å². The monoisotopic (exact) mass is 607 g/mol. The minimum Gasteiger partial charge on any atom is -0.497 e. The van der Waals surface area contributed by atoms with Crippen molar-refractivity contribution < 1.29 is 27.5 Å². The van der Waals surface area contributed by atoms with Gasteiger partial charge in [0.1, 0.15) is 5.75 Å². The number of nitrogens with zero attached hydrogens (tertiary/aromatic N) is 2. The maximum Gasteiger partial charge on any atom is 0.313 e. The van der Waals surface area contributed by atoms with E-state index in [1.807, 2.05) is 25.1 Å². The van der Waals surface area contributed by atoms with Gasteiger partial charge in [-0.25, -0.2) is 4.72 Å². The lowest BCUT2D eigenvalue weighted by atomic mass is 9.73. The first-order chi connectivity index (χ1) is 20.5. The van der Waals surface area contributed by atoms with Gasteiger partial charge in [-0.05, 0) is 85.9 Å². The van der Waals surface area contributed by atoms with E-state index in [0.29, 0.717) is 12.5 Å². The quantitative estimate of drug-likeness (QED) is 0.344. The van der Waals surface area contributed by atoms with Crippen molar-refractivity contribution in [2.75, 3.05) is 21.3 Å². The molecule has 6 rings (SSSR count). The molecule has 0 radical (unpaired) electrons. The Labute approximate surface area is 253 Å². The van der Waals surface area contributed by atoms with Crippen molar-refractivity contribution in [3.05, 3.63) is 53.1 Å². The molecule has 2 heterocycles. The van der Waals surface area contributed by atoms with Gasteiger partial charge >= 0.3 is 16.2 Å². The summed E-state index contributed by atoms with van der Waals surface area (Å²) in [4.78, 5) is 26.9. The summed E-state index contributed by atoms with van der Waals surface area (Å²) in [5.74, 6) is -0.142. The Balaban J connectivity index is 1.58. The third-order valence-corrected chi connectivity index (χ3v) is 11.6. The lowest BCUT2D eigenvalue weighted by Crippen LogP contribution is -2.42. The van der Waals surface area contributed by atoms with Crippen LogP contribution in [0.4, 0.5) is 0 Å². The predicted molar refractivity (Wildman–Crippen MR) is 165 cm³/mol. The Bertz CT molecular complexity index is 1700. The van der Waals surface area contributed by atoms with E-state index < -0.39 is 21.5 Å². The van der Waals surface area contributed by atoms with Crippen LogP contribution in [0.1, 0.15) is 92.1 Å². The molecule has 43 heavy (non-hydrogen) atoms. The van der Waals surface area contributed by atoms with Crippen LogP contribution in [0.3, 0.4) is 0 Å². The Morgan fingerprint density at radius 2 is 1.74 bits per heavy atom. The number of carbonyl (C=O) groups excluding carboxylic acids is 2. The number of rotatable bonds is 7. The molecular weight excluding hydrogens is 566 g/mol. The molecule has 1 N–H and O–H groups in total. The lowest BCUT2D eigenvalue weighted by molar-refractivity contribution is -0.153. The third kappa shape index (κ3) is 5.02. The van der Waals surface area contributed by atoms with Crippen LogP contribution in [-0.4, -0.2) is 56.5 Å². The fraction of sp³-hybridized carbons (Fsp3) is 0.515. The van der Waals surface area contributed by atoms with Crippen molar-refractivity contribution in [2.45, 2.75) is 83.2 Å². The van der Waals surface area contributed by atoms with Crippen LogP contribution in [0.15, 0.2) is 36.4 Å². The number of aromatic nitrogens is 1. The van der Waals surface area contributed by atoms with Crippen LogP contribution in [0.2, 0.25) is 0 Å². The molecule has 2 fully saturated rings. The summed E-state index contributed by atoms with van der Waals surface area (Å²) >= 11 is 0. The Kier molecular flexibility index (Phi) is 7.57. The molecule has 0 spiro atoms. The Hall–Kier alpha value is -3.37.